The number of carbonyl (C=O) groups excluding carboxylic acids is 2. The number of carbonyl (C=O) groups is 2. The number of amides is 3. The maximum atomic E-state index is 12.0. The highest BCUT2D eigenvalue weighted by Gasteiger charge is 2.07. The molecule has 0 radical (unpaired) electrons. The van der Waals surface area contributed by atoms with Crippen LogP contribution in [0.15, 0.2) is 65.8 Å². The third-order valence-electron chi connectivity index (χ3n) is 3.35. The van der Waals surface area contributed by atoms with Crippen molar-refractivity contribution in [3.63, 3.8) is 0 Å². The molecular weight excluding hydrogens is 322 g/mol. The van der Waals surface area contributed by atoms with Crippen LogP contribution < -0.4 is 16.0 Å². The standard InChI is InChI=1S/C17H17N5O3/c23-16(11-20-17(24)19-10-15-5-2-8-25-15)21-13-3-1-4-14(9-13)22-7-6-18-12-22/h1-9,12H,10-11H2,(H,21,23)(H2,19,20,24). The van der Waals surface area contributed by atoms with Crippen LogP contribution in [-0.4, -0.2) is 28.0 Å². The van der Waals surface area contributed by atoms with Gasteiger partial charge in [-0.3, -0.25) is 4.79 Å². The summed E-state index contributed by atoms with van der Waals surface area (Å²) in [6, 6.07) is 10.4. The van der Waals surface area contributed by atoms with Crippen LogP contribution in [0, 0.1) is 0 Å². The number of nitrogens with one attached hydrogen (secondary N) is 3. The van der Waals surface area contributed by atoms with E-state index in [0.29, 0.717) is 11.4 Å². The largest absolute Gasteiger partial charge is 0.467 e. The minimum atomic E-state index is -0.446. The number of aromatic nitrogens is 2. The number of hydrogen-bond acceptors (Lipinski definition) is 4. The highest BCUT2D eigenvalue weighted by Crippen LogP contribution is 2.14. The average molecular weight is 339 g/mol. The quantitative estimate of drug-likeness (QED) is 0.638. The van der Waals surface area contributed by atoms with Crippen LogP contribution in [0.1, 0.15) is 5.76 Å². The minimum absolute atomic E-state index is 0.140. The van der Waals surface area contributed by atoms with Crippen LogP contribution in [0.25, 0.3) is 5.69 Å². The lowest BCUT2D eigenvalue weighted by Gasteiger charge is -2.09. The summed E-state index contributed by atoms with van der Waals surface area (Å²) in [5.41, 5.74) is 1.51. The summed E-state index contributed by atoms with van der Waals surface area (Å²) in [5, 5.41) is 7.82. The van der Waals surface area contributed by atoms with Crippen LogP contribution in [0.5, 0.6) is 0 Å². The van der Waals surface area contributed by atoms with Gasteiger partial charge in [0.15, 0.2) is 0 Å². The maximum absolute atomic E-state index is 12.0. The summed E-state index contributed by atoms with van der Waals surface area (Å²) in [6.07, 6.45) is 6.69. The van der Waals surface area contributed by atoms with Crippen molar-refractivity contribution in [1.29, 1.82) is 0 Å². The number of imidazole rings is 1. The number of urea groups is 1. The fraction of sp³-hybridized carbons (Fsp3) is 0.118. The van der Waals surface area contributed by atoms with Crippen LogP contribution >= 0.6 is 0 Å². The van der Waals surface area contributed by atoms with Gasteiger partial charge in [-0.2, -0.15) is 0 Å². The lowest BCUT2D eigenvalue weighted by molar-refractivity contribution is -0.115. The molecule has 0 aliphatic heterocycles. The molecule has 8 nitrogen and oxygen atoms in total. The third-order valence-corrected chi connectivity index (χ3v) is 3.35. The minimum Gasteiger partial charge on any atom is -0.467 e. The average Bonchev–Trinajstić information content (AvgIpc) is 3.32. The first-order valence-corrected chi connectivity index (χ1v) is 7.63. The topological polar surface area (TPSA) is 101 Å². The first-order chi connectivity index (χ1) is 12.2. The van der Waals surface area contributed by atoms with Gasteiger partial charge in [0.2, 0.25) is 5.91 Å². The molecule has 0 atom stereocenters. The van der Waals surface area contributed by atoms with Crippen molar-refractivity contribution in [2.75, 3.05) is 11.9 Å². The van der Waals surface area contributed by atoms with Crippen molar-refractivity contribution in [2.24, 2.45) is 0 Å². The van der Waals surface area contributed by atoms with E-state index in [-0.39, 0.29) is 19.0 Å². The molecule has 8 heteroatoms. The molecule has 128 valence electrons. The Hall–Kier alpha value is -3.55. The first-order valence-electron chi connectivity index (χ1n) is 7.63. The van der Waals surface area contributed by atoms with Crippen molar-refractivity contribution in [1.82, 2.24) is 20.2 Å². The molecule has 3 rings (SSSR count). The van der Waals surface area contributed by atoms with Gasteiger partial charge in [0.05, 0.1) is 25.7 Å². The molecule has 25 heavy (non-hydrogen) atoms. The zero-order valence-corrected chi connectivity index (χ0v) is 13.3. The molecule has 3 N–H and O–H groups in total. The number of furan rings is 1. The van der Waals surface area contributed by atoms with Crippen LogP contribution in [0.3, 0.4) is 0 Å². The Labute approximate surface area is 143 Å². The van der Waals surface area contributed by atoms with Crippen molar-refractivity contribution in [3.8, 4) is 5.69 Å². The third kappa shape index (κ3) is 4.71. The Morgan fingerprint density at radius 3 is 2.84 bits per heavy atom. The molecule has 0 fully saturated rings. The van der Waals surface area contributed by atoms with Gasteiger partial charge < -0.3 is 24.9 Å². The summed E-state index contributed by atoms with van der Waals surface area (Å²) in [5.74, 6) is 0.312. The Morgan fingerprint density at radius 1 is 1.16 bits per heavy atom. The van der Waals surface area contributed by atoms with Gasteiger partial charge in [-0.25, -0.2) is 9.78 Å². The van der Waals surface area contributed by atoms with E-state index in [1.54, 1.807) is 30.7 Å². The molecule has 2 aromatic heterocycles. The second kappa shape index (κ2) is 7.82. The van der Waals surface area contributed by atoms with Crippen LogP contribution in [0.2, 0.25) is 0 Å². The Bertz CT molecular complexity index is 828. The van der Waals surface area contributed by atoms with E-state index in [1.807, 2.05) is 29.0 Å². The van der Waals surface area contributed by atoms with E-state index in [2.05, 4.69) is 20.9 Å². The molecule has 0 saturated carbocycles. The van der Waals surface area contributed by atoms with Crippen LogP contribution in [0.4, 0.5) is 10.5 Å². The second-order valence-electron chi connectivity index (χ2n) is 5.18. The van der Waals surface area contributed by atoms with Crippen molar-refractivity contribution >= 4 is 17.6 Å². The lowest BCUT2D eigenvalue weighted by Crippen LogP contribution is -2.39. The monoisotopic (exact) mass is 339 g/mol. The highest BCUT2D eigenvalue weighted by atomic mass is 16.3. The fourth-order valence-corrected chi connectivity index (χ4v) is 2.16. The summed E-state index contributed by atoms with van der Waals surface area (Å²) >= 11 is 0. The maximum Gasteiger partial charge on any atom is 0.315 e. The second-order valence-corrected chi connectivity index (χ2v) is 5.18. The number of rotatable bonds is 6. The number of anilines is 1. The van der Waals surface area contributed by atoms with Gasteiger partial charge in [0, 0.05) is 23.8 Å². The molecule has 0 bridgehead atoms. The zero-order valence-electron chi connectivity index (χ0n) is 13.3. The predicted octanol–water partition coefficient (Wildman–Crippen LogP) is 1.90. The smallest absolute Gasteiger partial charge is 0.315 e. The Morgan fingerprint density at radius 2 is 2.08 bits per heavy atom. The molecular formula is C17H17N5O3. The van der Waals surface area contributed by atoms with Gasteiger partial charge in [-0.15, -0.1) is 0 Å². The lowest BCUT2D eigenvalue weighted by atomic mass is 10.2. The molecule has 1 aromatic carbocycles. The Kier molecular flexibility index (Phi) is 5.10. The van der Waals surface area contributed by atoms with E-state index in [0.717, 1.165) is 5.69 Å². The molecule has 3 aromatic rings. The number of hydrogen-bond donors (Lipinski definition) is 3. The van der Waals surface area contributed by atoms with Crippen molar-refractivity contribution in [2.45, 2.75) is 6.54 Å². The Balaban J connectivity index is 1.46. The zero-order chi connectivity index (χ0) is 17.5. The van der Waals surface area contributed by atoms with E-state index in [9.17, 15) is 9.59 Å². The highest BCUT2D eigenvalue weighted by molar-refractivity contribution is 5.94. The van der Waals surface area contributed by atoms with Crippen LogP contribution in [-0.2, 0) is 11.3 Å². The summed E-state index contributed by atoms with van der Waals surface area (Å²) < 4.78 is 6.93. The fourth-order valence-electron chi connectivity index (χ4n) is 2.16. The van der Waals surface area contributed by atoms with Gasteiger partial charge in [-0.05, 0) is 30.3 Å². The van der Waals surface area contributed by atoms with E-state index in [1.165, 1.54) is 6.26 Å². The first kappa shape index (κ1) is 16.3. The normalized spacial score (nSPS) is 10.2. The summed E-state index contributed by atoms with van der Waals surface area (Å²) in [6.45, 7) is 0.118. The number of nitrogens with zero attached hydrogens (tertiary/aromatic N) is 2. The van der Waals surface area contributed by atoms with Gasteiger partial charge >= 0.3 is 6.03 Å². The molecule has 0 spiro atoms. The van der Waals surface area contributed by atoms with Gasteiger partial charge in [-0.1, -0.05) is 6.07 Å². The number of benzene rings is 1. The molecule has 2 heterocycles. The SMILES string of the molecule is O=C(CNC(=O)NCc1ccco1)Nc1cccc(-n2ccnc2)c1. The van der Waals surface area contributed by atoms with Gasteiger partial charge in [0.25, 0.3) is 0 Å². The van der Waals surface area contributed by atoms with Crippen molar-refractivity contribution in [3.05, 3.63) is 67.1 Å². The van der Waals surface area contributed by atoms with E-state index >= 15 is 0 Å². The van der Waals surface area contributed by atoms with Gasteiger partial charge in [0.1, 0.15) is 5.76 Å². The summed E-state index contributed by atoms with van der Waals surface area (Å²) in [4.78, 5) is 27.6. The van der Waals surface area contributed by atoms with Crippen molar-refractivity contribution < 1.29 is 14.0 Å². The predicted molar refractivity (Wildman–Crippen MR) is 91.1 cm³/mol. The molecule has 0 saturated heterocycles. The molecule has 0 aliphatic rings. The summed E-state index contributed by atoms with van der Waals surface area (Å²) in [7, 11) is 0. The molecule has 0 unspecified atom stereocenters. The molecule has 0 aliphatic carbocycles. The van der Waals surface area contributed by atoms with E-state index < -0.39 is 6.03 Å². The van der Waals surface area contributed by atoms with E-state index in [4.69, 9.17) is 4.42 Å². The molecule has 3 amide bonds.